The van der Waals surface area contributed by atoms with Gasteiger partial charge in [0.15, 0.2) is 0 Å². The molecule has 0 radical (unpaired) electrons. The van der Waals surface area contributed by atoms with Crippen LogP contribution in [0.15, 0.2) is 59.1 Å². The van der Waals surface area contributed by atoms with Crippen LogP contribution < -0.4 is 15.8 Å². The summed E-state index contributed by atoms with van der Waals surface area (Å²) >= 11 is 0. The second-order valence-electron chi connectivity index (χ2n) is 10.4. The minimum Gasteiger partial charge on any atom is -0.494 e. The Morgan fingerprint density at radius 3 is 2.52 bits per heavy atom. The molecule has 0 saturated heterocycles. The highest BCUT2D eigenvalue weighted by Crippen LogP contribution is 2.26. The Hall–Kier alpha value is -3.72. The predicted molar refractivity (Wildman–Crippen MR) is 151 cm³/mol. The van der Waals surface area contributed by atoms with Crippen molar-refractivity contribution in [2.24, 2.45) is 11.7 Å². The number of nitrogens with zero attached hydrogens (tertiary/aromatic N) is 2. The fourth-order valence-corrected chi connectivity index (χ4v) is 4.95. The summed E-state index contributed by atoms with van der Waals surface area (Å²) in [5.41, 5.74) is 7.43. The topological polar surface area (TPSA) is 130 Å². The summed E-state index contributed by atoms with van der Waals surface area (Å²) in [6, 6.07) is 16.3. The van der Waals surface area contributed by atoms with Crippen LogP contribution in [0.5, 0.6) is 5.75 Å². The summed E-state index contributed by atoms with van der Waals surface area (Å²) in [6.07, 6.45) is 9.27. The van der Waals surface area contributed by atoms with Gasteiger partial charge in [-0.15, -0.1) is 0 Å². The number of aromatic nitrogens is 2. The van der Waals surface area contributed by atoms with E-state index in [1.807, 2.05) is 54.6 Å². The van der Waals surface area contributed by atoms with Crippen molar-refractivity contribution in [1.82, 2.24) is 15.5 Å². The van der Waals surface area contributed by atoms with Crippen LogP contribution in [0.2, 0.25) is 0 Å². The van der Waals surface area contributed by atoms with Crippen molar-refractivity contribution in [3.63, 3.8) is 0 Å². The highest BCUT2D eigenvalue weighted by atomic mass is 16.5. The Kier molecular flexibility index (Phi) is 11.5. The molecular weight excluding hydrogens is 508 g/mol. The van der Waals surface area contributed by atoms with Gasteiger partial charge in [0.25, 0.3) is 0 Å². The van der Waals surface area contributed by atoms with Gasteiger partial charge in [-0.3, -0.25) is 4.79 Å². The molecule has 0 spiro atoms. The van der Waals surface area contributed by atoms with Gasteiger partial charge in [0.05, 0.1) is 19.1 Å². The molecule has 0 bridgehead atoms. The van der Waals surface area contributed by atoms with Gasteiger partial charge in [0.2, 0.25) is 17.5 Å². The number of nitrogens with one attached hydrogen (secondary N) is 1. The Bertz CT molecular complexity index is 1180. The van der Waals surface area contributed by atoms with Gasteiger partial charge in [-0.25, -0.2) is 4.79 Å². The molecule has 3 aromatic rings. The maximum atomic E-state index is 13.2. The van der Waals surface area contributed by atoms with Gasteiger partial charge in [0, 0.05) is 0 Å². The van der Waals surface area contributed by atoms with E-state index in [0.29, 0.717) is 31.7 Å². The monoisotopic (exact) mass is 548 g/mol. The third-order valence-corrected chi connectivity index (χ3v) is 7.25. The van der Waals surface area contributed by atoms with Crippen LogP contribution in [0.3, 0.4) is 0 Å². The van der Waals surface area contributed by atoms with Crippen LogP contribution in [0, 0.1) is 5.92 Å². The third kappa shape index (κ3) is 9.48. The average Bonchev–Trinajstić information content (AvgIpc) is 3.46. The first-order valence-corrected chi connectivity index (χ1v) is 14.4. The molecule has 1 heterocycles. The van der Waals surface area contributed by atoms with Crippen LogP contribution in [-0.4, -0.2) is 41.2 Å². The highest BCUT2D eigenvalue weighted by Gasteiger charge is 2.27. The summed E-state index contributed by atoms with van der Waals surface area (Å²) in [5, 5.41) is 6.55. The van der Waals surface area contributed by atoms with Gasteiger partial charge >= 0.3 is 6.09 Å². The number of Topliss-reactive ketones (excluding diaryl/α,β-unsaturated/α-hetero) is 1. The minimum absolute atomic E-state index is 0.0706. The standard InChI is InChI=1S/C31H40N4O5/c32-19-8-7-13-27(33-31(37)39-22-25-11-5-2-6-12-25)29(36)30-34-28(40-35-30)21-24-14-16-26(17-15-24)38-20-18-23-9-3-1-4-10-23/h2,5-6,11-12,14-17,23,27H,1,3-4,7-10,13,18-22,32H2,(H,33,37)/t27-/m0/s1. The van der Waals surface area contributed by atoms with E-state index in [-0.39, 0.29) is 12.4 Å². The fraction of sp³-hybridized carbons (Fsp3) is 0.484. The molecule has 3 N–H and O–H groups in total. The normalized spacial score (nSPS) is 14.4. The predicted octanol–water partition coefficient (Wildman–Crippen LogP) is 5.62. The summed E-state index contributed by atoms with van der Waals surface area (Å²) in [6.45, 7) is 1.34. The van der Waals surface area contributed by atoms with E-state index in [2.05, 4.69) is 15.5 Å². The van der Waals surface area contributed by atoms with E-state index in [1.165, 1.54) is 32.1 Å². The number of unbranched alkanes of at least 4 members (excludes halogenated alkanes) is 1. The van der Waals surface area contributed by atoms with Gasteiger partial charge in [-0.1, -0.05) is 79.7 Å². The van der Waals surface area contributed by atoms with Crippen molar-refractivity contribution >= 4 is 11.9 Å². The smallest absolute Gasteiger partial charge is 0.408 e. The number of ketones is 1. The zero-order valence-corrected chi connectivity index (χ0v) is 23.1. The second-order valence-corrected chi connectivity index (χ2v) is 10.4. The van der Waals surface area contributed by atoms with Gasteiger partial charge in [-0.2, -0.15) is 4.98 Å². The molecule has 0 aliphatic heterocycles. The lowest BCUT2D eigenvalue weighted by Crippen LogP contribution is -2.41. The van der Waals surface area contributed by atoms with Crippen molar-refractivity contribution in [2.75, 3.05) is 13.2 Å². The number of hydrogen-bond acceptors (Lipinski definition) is 8. The summed E-state index contributed by atoms with van der Waals surface area (Å²) in [5.74, 6) is 1.45. The maximum Gasteiger partial charge on any atom is 0.408 e. The Morgan fingerprint density at radius 2 is 1.77 bits per heavy atom. The number of nitrogens with two attached hydrogens (primary N) is 1. The van der Waals surface area contributed by atoms with Crippen molar-refractivity contribution < 1.29 is 23.6 Å². The SMILES string of the molecule is NCCCC[C@H](NC(=O)OCc1ccccc1)C(=O)c1noc(Cc2ccc(OCCC3CCCCC3)cc2)n1. The van der Waals surface area contributed by atoms with Gasteiger partial charge in [0.1, 0.15) is 12.4 Å². The lowest BCUT2D eigenvalue weighted by molar-refractivity contribution is 0.0896. The number of rotatable bonds is 15. The summed E-state index contributed by atoms with van der Waals surface area (Å²) in [4.78, 5) is 29.9. The van der Waals surface area contributed by atoms with E-state index >= 15 is 0 Å². The molecular formula is C31H40N4O5. The fourth-order valence-electron chi connectivity index (χ4n) is 4.95. The third-order valence-electron chi connectivity index (χ3n) is 7.25. The number of benzene rings is 2. The zero-order valence-electron chi connectivity index (χ0n) is 23.1. The number of ether oxygens (including phenoxy) is 2. The molecule has 1 atom stereocenters. The lowest BCUT2D eigenvalue weighted by Gasteiger charge is -2.21. The number of amides is 1. The molecule has 1 aromatic heterocycles. The van der Waals surface area contributed by atoms with Crippen LogP contribution in [0.25, 0.3) is 0 Å². The van der Waals surface area contributed by atoms with E-state index in [0.717, 1.165) is 42.2 Å². The van der Waals surface area contributed by atoms with Crippen LogP contribution in [0.1, 0.15) is 85.4 Å². The van der Waals surface area contributed by atoms with Crippen molar-refractivity contribution in [3.05, 3.63) is 77.4 Å². The van der Waals surface area contributed by atoms with Crippen LogP contribution >= 0.6 is 0 Å². The van der Waals surface area contributed by atoms with E-state index in [1.54, 1.807) is 0 Å². The molecule has 0 unspecified atom stereocenters. The van der Waals surface area contributed by atoms with Gasteiger partial charge in [-0.05, 0) is 61.4 Å². The number of hydrogen-bond donors (Lipinski definition) is 2. The quantitative estimate of drug-likeness (QED) is 0.185. The minimum atomic E-state index is -0.842. The second kappa shape index (κ2) is 15.8. The van der Waals surface area contributed by atoms with Crippen molar-refractivity contribution in [1.29, 1.82) is 0 Å². The van der Waals surface area contributed by atoms with E-state index in [4.69, 9.17) is 19.7 Å². The van der Waals surface area contributed by atoms with E-state index < -0.39 is 17.9 Å². The molecule has 1 amide bonds. The first kappa shape index (κ1) is 29.3. The molecule has 1 aliphatic carbocycles. The van der Waals surface area contributed by atoms with E-state index in [9.17, 15) is 9.59 Å². The number of carbonyl (C=O) groups is 2. The number of alkyl carbamates (subject to hydrolysis) is 1. The maximum absolute atomic E-state index is 13.2. The van der Waals surface area contributed by atoms with Gasteiger partial charge < -0.3 is 25.0 Å². The average molecular weight is 549 g/mol. The largest absolute Gasteiger partial charge is 0.494 e. The van der Waals surface area contributed by atoms with Crippen LogP contribution in [-0.2, 0) is 17.8 Å². The molecule has 1 saturated carbocycles. The first-order valence-electron chi connectivity index (χ1n) is 14.4. The van der Waals surface area contributed by atoms with Crippen LogP contribution in [0.4, 0.5) is 4.79 Å². The lowest BCUT2D eigenvalue weighted by atomic mass is 9.87. The summed E-state index contributed by atoms with van der Waals surface area (Å²) in [7, 11) is 0. The molecule has 1 fully saturated rings. The molecule has 1 aliphatic rings. The molecule has 40 heavy (non-hydrogen) atoms. The first-order chi connectivity index (χ1) is 19.6. The molecule has 4 rings (SSSR count). The summed E-state index contributed by atoms with van der Waals surface area (Å²) < 4.78 is 16.6. The zero-order chi connectivity index (χ0) is 28.0. The number of carbonyl (C=O) groups excluding carboxylic acids is 2. The highest BCUT2D eigenvalue weighted by molar-refractivity contribution is 5.98. The molecule has 9 nitrogen and oxygen atoms in total. The molecule has 2 aromatic carbocycles. The van der Waals surface area contributed by atoms with Crippen molar-refractivity contribution in [2.45, 2.75) is 76.9 Å². The Morgan fingerprint density at radius 1 is 1.00 bits per heavy atom. The molecule has 214 valence electrons. The Balaban J connectivity index is 1.28. The molecule has 9 heteroatoms. The Labute approximate surface area is 235 Å². The van der Waals surface area contributed by atoms with Crippen molar-refractivity contribution in [3.8, 4) is 5.75 Å².